The van der Waals surface area contributed by atoms with Crippen LogP contribution in [-0.4, -0.2) is 23.8 Å². The smallest absolute Gasteiger partial charge is 0.315 e. The number of benzene rings is 1. The minimum atomic E-state index is -0.272. The van der Waals surface area contributed by atoms with Crippen molar-refractivity contribution in [2.75, 3.05) is 6.61 Å². The molecule has 0 saturated heterocycles. The number of carbonyl (C=O) groups excluding carboxylic acids is 1. The van der Waals surface area contributed by atoms with Gasteiger partial charge < -0.3 is 20.2 Å². The van der Waals surface area contributed by atoms with E-state index in [0.717, 1.165) is 17.4 Å². The first-order valence-corrected chi connectivity index (χ1v) is 7.78. The quantitative estimate of drug-likeness (QED) is 0.760. The van der Waals surface area contributed by atoms with E-state index < -0.39 is 0 Å². The monoisotopic (exact) mass is 324 g/mol. The first kappa shape index (κ1) is 16.6. The number of urea groups is 1. The molecule has 22 heavy (non-hydrogen) atoms. The van der Waals surface area contributed by atoms with Gasteiger partial charge in [0.05, 0.1) is 6.04 Å². The van der Waals surface area contributed by atoms with Crippen LogP contribution in [0, 0.1) is 0 Å². The molecule has 0 aliphatic carbocycles. The molecule has 2 rings (SSSR count). The Balaban J connectivity index is 2.00. The van der Waals surface area contributed by atoms with E-state index in [9.17, 15) is 4.79 Å². The Hall–Kier alpha value is -1.72. The minimum absolute atomic E-state index is 0.0355. The summed E-state index contributed by atoms with van der Waals surface area (Å²) >= 11 is 5.95. The van der Waals surface area contributed by atoms with E-state index in [1.165, 1.54) is 0 Å². The highest BCUT2D eigenvalue weighted by Gasteiger charge is 2.16. The number of aliphatic hydroxyl groups excluding tert-OH is 1. The fraction of sp³-hybridized carbons (Fsp3) is 0.438. The zero-order valence-electron chi connectivity index (χ0n) is 12.7. The summed E-state index contributed by atoms with van der Waals surface area (Å²) in [4.78, 5) is 12.0. The summed E-state index contributed by atoms with van der Waals surface area (Å²) in [5.41, 5.74) is 0.736. The highest BCUT2D eigenvalue weighted by atomic mass is 35.5. The van der Waals surface area contributed by atoms with Crippen LogP contribution < -0.4 is 10.6 Å². The van der Waals surface area contributed by atoms with E-state index >= 15 is 0 Å². The molecule has 1 aromatic heterocycles. The molecular weight excluding hydrogens is 304 g/mol. The largest absolute Gasteiger partial charge is 0.459 e. The van der Waals surface area contributed by atoms with Crippen LogP contribution in [0.3, 0.4) is 0 Å². The molecule has 2 atom stereocenters. The first-order chi connectivity index (χ1) is 10.5. The molecule has 120 valence electrons. The molecule has 0 fully saturated rings. The average molecular weight is 325 g/mol. The van der Waals surface area contributed by atoms with Gasteiger partial charge in [-0.1, -0.05) is 18.5 Å². The standard InChI is InChI=1S/C16H21ClN2O3/c1-3-13(6-7-20)19-16(21)18-10(2)15-9-11-8-12(17)4-5-14(11)22-15/h4-5,8-10,13,20H,3,6-7H2,1-2H3,(H2,18,19,21). The first-order valence-electron chi connectivity index (χ1n) is 7.40. The number of furan rings is 1. The number of rotatable bonds is 6. The maximum Gasteiger partial charge on any atom is 0.315 e. The van der Waals surface area contributed by atoms with Crippen molar-refractivity contribution in [3.63, 3.8) is 0 Å². The predicted octanol–water partition coefficient (Wildman–Crippen LogP) is 3.61. The molecule has 1 heterocycles. The Kier molecular flexibility index (Phi) is 5.69. The van der Waals surface area contributed by atoms with Gasteiger partial charge >= 0.3 is 6.03 Å². The van der Waals surface area contributed by atoms with E-state index in [1.54, 1.807) is 6.07 Å². The lowest BCUT2D eigenvalue weighted by molar-refractivity contribution is 0.224. The second-order valence-corrected chi connectivity index (χ2v) is 5.72. The second-order valence-electron chi connectivity index (χ2n) is 5.29. The summed E-state index contributed by atoms with van der Waals surface area (Å²) in [6.07, 6.45) is 1.31. The predicted molar refractivity (Wildman–Crippen MR) is 87.1 cm³/mol. The van der Waals surface area contributed by atoms with Crippen molar-refractivity contribution in [2.45, 2.75) is 38.8 Å². The lowest BCUT2D eigenvalue weighted by atomic mass is 10.1. The normalized spacial score (nSPS) is 13.8. The zero-order chi connectivity index (χ0) is 16.1. The Labute approximate surface area is 134 Å². The zero-order valence-corrected chi connectivity index (χ0v) is 13.5. The third kappa shape index (κ3) is 4.15. The summed E-state index contributed by atoms with van der Waals surface area (Å²) in [6.45, 7) is 3.87. The summed E-state index contributed by atoms with van der Waals surface area (Å²) in [7, 11) is 0. The summed E-state index contributed by atoms with van der Waals surface area (Å²) in [6, 6.07) is 6.70. The molecule has 0 radical (unpaired) electrons. The van der Waals surface area contributed by atoms with Gasteiger partial charge in [0.1, 0.15) is 11.3 Å². The number of amides is 2. The van der Waals surface area contributed by atoms with Crippen LogP contribution in [0.25, 0.3) is 11.0 Å². The second kappa shape index (κ2) is 7.51. The third-order valence-electron chi connectivity index (χ3n) is 3.58. The van der Waals surface area contributed by atoms with Crippen LogP contribution in [0.1, 0.15) is 38.5 Å². The summed E-state index contributed by atoms with van der Waals surface area (Å²) in [5, 5.41) is 16.2. The fourth-order valence-corrected chi connectivity index (χ4v) is 2.46. The van der Waals surface area contributed by atoms with Crippen LogP contribution >= 0.6 is 11.6 Å². The Morgan fingerprint density at radius 2 is 2.14 bits per heavy atom. The number of hydrogen-bond donors (Lipinski definition) is 3. The Bertz CT molecular complexity index is 641. The van der Waals surface area contributed by atoms with Crippen molar-refractivity contribution in [1.29, 1.82) is 0 Å². The Morgan fingerprint density at radius 3 is 2.82 bits per heavy atom. The molecule has 2 amide bonds. The third-order valence-corrected chi connectivity index (χ3v) is 3.81. The van der Waals surface area contributed by atoms with Crippen LogP contribution in [-0.2, 0) is 0 Å². The molecule has 5 nitrogen and oxygen atoms in total. The number of hydrogen-bond acceptors (Lipinski definition) is 3. The van der Waals surface area contributed by atoms with Gasteiger partial charge in [0.2, 0.25) is 0 Å². The number of nitrogens with one attached hydrogen (secondary N) is 2. The van der Waals surface area contributed by atoms with E-state index in [1.807, 2.05) is 32.0 Å². The van der Waals surface area contributed by atoms with Gasteiger partial charge in [-0.25, -0.2) is 4.79 Å². The average Bonchev–Trinajstić information content (AvgIpc) is 2.89. The van der Waals surface area contributed by atoms with Crippen molar-refractivity contribution >= 4 is 28.6 Å². The van der Waals surface area contributed by atoms with Gasteiger partial charge in [0.25, 0.3) is 0 Å². The molecule has 2 aromatic rings. The number of carbonyl (C=O) groups is 1. The Morgan fingerprint density at radius 1 is 1.36 bits per heavy atom. The SMILES string of the molecule is CCC(CCO)NC(=O)NC(C)c1cc2cc(Cl)ccc2o1. The van der Waals surface area contributed by atoms with Crippen molar-refractivity contribution in [3.05, 3.63) is 35.0 Å². The molecule has 0 spiro atoms. The topological polar surface area (TPSA) is 74.5 Å². The van der Waals surface area contributed by atoms with E-state index in [0.29, 0.717) is 17.2 Å². The highest BCUT2D eigenvalue weighted by Crippen LogP contribution is 2.26. The molecule has 2 unspecified atom stereocenters. The van der Waals surface area contributed by atoms with E-state index in [2.05, 4.69) is 10.6 Å². The maximum absolute atomic E-state index is 12.0. The van der Waals surface area contributed by atoms with Gasteiger partial charge in [-0.05, 0) is 44.0 Å². The van der Waals surface area contributed by atoms with E-state index in [-0.39, 0.29) is 24.7 Å². The van der Waals surface area contributed by atoms with Crippen LogP contribution in [0.4, 0.5) is 4.79 Å². The van der Waals surface area contributed by atoms with Gasteiger partial charge in [0.15, 0.2) is 0 Å². The lowest BCUT2D eigenvalue weighted by Crippen LogP contribution is -2.43. The number of fused-ring (bicyclic) bond motifs is 1. The van der Waals surface area contributed by atoms with Gasteiger partial charge in [0, 0.05) is 23.1 Å². The molecule has 0 aliphatic rings. The summed E-state index contributed by atoms with van der Waals surface area (Å²) < 4.78 is 5.72. The number of halogens is 1. The molecule has 0 bridgehead atoms. The van der Waals surface area contributed by atoms with Crippen LogP contribution in [0.2, 0.25) is 5.02 Å². The van der Waals surface area contributed by atoms with Gasteiger partial charge in [-0.2, -0.15) is 0 Å². The molecule has 0 saturated carbocycles. The minimum Gasteiger partial charge on any atom is -0.459 e. The molecule has 0 aliphatic heterocycles. The highest BCUT2D eigenvalue weighted by molar-refractivity contribution is 6.31. The lowest BCUT2D eigenvalue weighted by Gasteiger charge is -2.18. The van der Waals surface area contributed by atoms with Crippen LogP contribution in [0.5, 0.6) is 0 Å². The van der Waals surface area contributed by atoms with Crippen molar-refractivity contribution in [1.82, 2.24) is 10.6 Å². The molecule has 1 aromatic carbocycles. The van der Waals surface area contributed by atoms with Crippen LogP contribution in [0.15, 0.2) is 28.7 Å². The fourth-order valence-electron chi connectivity index (χ4n) is 2.28. The summed E-state index contributed by atoms with van der Waals surface area (Å²) in [5.74, 6) is 0.669. The maximum atomic E-state index is 12.0. The van der Waals surface area contributed by atoms with E-state index in [4.69, 9.17) is 21.1 Å². The number of aliphatic hydroxyl groups is 1. The van der Waals surface area contributed by atoms with Crippen molar-refractivity contribution < 1.29 is 14.3 Å². The van der Waals surface area contributed by atoms with Crippen molar-refractivity contribution in [2.24, 2.45) is 0 Å². The van der Waals surface area contributed by atoms with Gasteiger partial charge in [-0.3, -0.25) is 0 Å². The molecule has 3 N–H and O–H groups in total. The van der Waals surface area contributed by atoms with Crippen molar-refractivity contribution in [3.8, 4) is 0 Å². The molecular formula is C16H21ClN2O3. The molecule has 6 heteroatoms. The van der Waals surface area contributed by atoms with Gasteiger partial charge in [-0.15, -0.1) is 0 Å².